The molecule has 3 aliphatic heterocycles. The summed E-state index contributed by atoms with van der Waals surface area (Å²) < 4.78 is 14.2. The van der Waals surface area contributed by atoms with Crippen molar-refractivity contribution in [2.45, 2.75) is 50.3 Å². The number of hydrogen-bond acceptors (Lipinski definition) is 5. The topological polar surface area (TPSA) is 81.6 Å². The van der Waals surface area contributed by atoms with Gasteiger partial charge < -0.3 is 19.4 Å². The molecule has 7 rings (SSSR count). The van der Waals surface area contributed by atoms with Gasteiger partial charge in [-0.2, -0.15) is 0 Å². The van der Waals surface area contributed by atoms with Gasteiger partial charge in [-0.1, -0.05) is 66.3 Å². The lowest BCUT2D eigenvalue weighted by molar-refractivity contribution is -0.143. The van der Waals surface area contributed by atoms with E-state index in [-0.39, 0.29) is 30.2 Å². The monoisotopic (exact) mass is 515 g/mol. The summed E-state index contributed by atoms with van der Waals surface area (Å²) in [5, 5.41) is 7.11. The van der Waals surface area contributed by atoms with E-state index in [1.54, 1.807) is 0 Å². The third kappa shape index (κ3) is 3.41. The summed E-state index contributed by atoms with van der Waals surface area (Å²) in [5.74, 6) is -1.52. The van der Waals surface area contributed by atoms with Gasteiger partial charge in [-0.15, -0.1) is 0 Å². The highest BCUT2D eigenvalue weighted by Gasteiger charge is 2.44. The molecule has 0 saturated carbocycles. The first kappa shape index (κ1) is 22.8. The molecule has 2 N–H and O–H groups in total. The summed E-state index contributed by atoms with van der Waals surface area (Å²) in [5.41, 5.74) is 2.96. The van der Waals surface area contributed by atoms with Crippen LogP contribution in [0.3, 0.4) is 0 Å². The molecule has 2 unspecified atom stereocenters. The summed E-state index contributed by atoms with van der Waals surface area (Å²) >= 11 is 7.16. The van der Waals surface area contributed by atoms with E-state index >= 15 is 0 Å². The van der Waals surface area contributed by atoms with E-state index in [1.807, 2.05) is 67.1 Å². The number of amides is 2. The molecule has 7 nitrogen and oxygen atoms in total. The lowest BCUT2D eigenvalue weighted by Gasteiger charge is -2.27. The number of nitrogens with zero attached hydrogens (tertiary/aromatic N) is 1. The molecule has 1 fully saturated rings. The van der Waals surface area contributed by atoms with Crippen molar-refractivity contribution in [3.05, 3.63) is 88.8 Å². The number of hydrogen-bond donors (Lipinski definition) is 2. The lowest BCUT2D eigenvalue weighted by Crippen LogP contribution is -2.28. The van der Waals surface area contributed by atoms with Crippen molar-refractivity contribution < 1.29 is 19.1 Å². The molecule has 2 aromatic rings. The summed E-state index contributed by atoms with van der Waals surface area (Å²) in [4.78, 5) is 26.5. The highest BCUT2D eigenvalue weighted by molar-refractivity contribution is 6.43. The minimum atomic E-state index is -0.645. The minimum absolute atomic E-state index is 0.0418. The molecule has 1 aromatic heterocycles. The number of carbonyl (C=O) groups excluding carboxylic acids is 2. The number of ether oxygens (including phenoxy) is 2. The van der Waals surface area contributed by atoms with E-state index in [0.29, 0.717) is 28.3 Å². The van der Waals surface area contributed by atoms with Crippen molar-refractivity contribution >= 4 is 39.9 Å². The van der Waals surface area contributed by atoms with Crippen LogP contribution in [-0.4, -0.2) is 40.4 Å². The molecule has 0 bridgehead atoms. The average molecular weight is 516 g/mol. The van der Waals surface area contributed by atoms with Gasteiger partial charge in [-0.3, -0.25) is 14.9 Å². The fourth-order valence-electron chi connectivity index (χ4n) is 6.30. The van der Waals surface area contributed by atoms with Crippen molar-refractivity contribution in [3.63, 3.8) is 0 Å². The number of benzene rings is 1. The Morgan fingerprint density at radius 1 is 1.00 bits per heavy atom. The normalized spacial score (nSPS) is 31.5. The van der Waals surface area contributed by atoms with Gasteiger partial charge >= 0.3 is 0 Å². The predicted octanol–water partition coefficient (Wildman–Crippen LogP) is 4.32. The number of halogens is 1. The second-order valence-electron chi connectivity index (χ2n) is 10.5. The molecule has 1 saturated heterocycles. The smallest absolute Gasteiger partial charge is 0.259 e. The van der Waals surface area contributed by atoms with E-state index in [0.717, 1.165) is 16.5 Å². The van der Waals surface area contributed by atoms with Crippen molar-refractivity contribution in [2.75, 3.05) is 0 Å². The first-order valence-corrected chi connectivity index (χ1v) is 12.9. The zero-order valence-electron chi connectivity index (χ0n) is 20.4. The number of nitrogens with one attached hydrogen (secondary N) is 2. The highest BCUT2D eigenvalue weighted by Crippen LogP contribution is 2.46. The van der Waals surface area contributed by atoms with E-state index in [4.69, 9.17) is 21.1 Å². The number of aromatic nitrogens is 1. The second-order valence-corrected chi connectivity index (χ2v) is 10.9. The van der Waals surface area contributed by atoms with Gasteiger partial charge in [-0.25, -0.2) is 0 Å². The predicted molar refractivity (Wildman–Crippen MR) is 140 cm³/mol. The fraction of sp³-hybridized carbons (Fsp3) is 0.310. The first-order chi connectivity index (χ1) is 17.8. The van der Waals surface area contributed by atoms with Crippen LogP contribution in [0.25, 0.3) is 16.5 Å². The molecule has 0 spiro atoms. The Morgan fingerprint density at radius 2 is 1.78 bits per heavy atom. The Hall–Kier alpha value is -3.39. The van der Waals surface area contributed by atoms with Gasteiger partial charge in [0.15, 0.2) is 5.79 Å². The molecule has 4 heterocycles. The number of fused-ring (bicyclic) bond motifs is 3. The lowest BCUT2D eigenvalue weighted by atomic mass is 9.85. The van der Waals surface area contributed by atoms with Crippen LogP contribution < -0.4 is 10.6 Å². The van der Waals surface area contributed by atoms with Crippen LogP contribution in [0.15, 0.2) is 78.1 Å². The van der Waals surface area contributed by atoms with E-state index in [9.17, 15) is 9.59 Å². The maximum absolute atomic E-state index is 13.3. The van der Waals surface area contributed by atoms with Crippen LogP contribution in [0, 0.1) is 5.92 Å². The number of para-hydroxylation sites is 1. The Bertz CT molecular complexity index is 1520. The summed E-state index contributed by atoms with van der Waals surface area (Å²) in [6, 6.07) is 7.77. The Balaban J connectivity index is 1.39. The zero-order chi connectivity index (χ0) is 25.5. The second kappa shape index (κ2) is 8.05. The van der Waals surface area contributed by atoms with Gasteiger partial charge in [0.25, 0.3) is 11.8 Å². The van der Waals surface area contributed by atoms with E-state index < -0.39 is 17.6 Å². The average Bonchev–Trinajstić information content (AvgIpc) is 3.57. The maximum atomic E-state index is 13.3. The molecule has 188 valence electrons. The standard InChI is InChI=1S/C29H26ClN3O4/c1-29(2)36-21-12-11-15(13-22(21)37-29)33-20-10-6-4-8-17(20)23(26(33)30)25-24(27(34)32-28(25)35)18-14-31-19-9-5-3-7-16(18)19/h3-12,14-16,19,21-22,31H,13H2,1-2H3,(H,32,34,35)/t15-,16?,19?,21+,22-/m1/s1. The molecule has 5 atom stereocenters. The maximum Gasteiger partial charge on any atom is 0.259 e. The van der Waals surface area contributed by atoms with E-state index in [1.165, 1.54) is 0 Å². The minimum Gasteiger partial charge on any atom is -0.383 e. The third-order valence-electron chi connectivity index (χ3n) is 7.80. The van der Waals surface area contributed by atoms with Gasteiger partial charge in [0.2, 0.25) is 0 Å². The number of imide groups is 1. The van der Waals surface area contributed by atoms with Crippen LogP contribution in [0.1, 0.15) is 31.9 Å². The van der Waals surface area contributed by atoms with Gasteiger partial charge in [-0.05, 0) is 25.5 Å². The number of rotatable bonds is 3. The van der Waals surface area contributed by atoms with Crippen LogP contribution in [0.5, 0.6) is 0 Å². The summed E-state index contributed by atoms with van der Waals surface area (Å²) in [6.45, 7) is 3.84. The van der Waals surface area contributed by atoms with Crippen molar-refractivity contribution in [1.29, 1.82) is 0 Å². The molecule has 8 heteroatoms. The van der Waals surface area contributed by atoms with Gasteiger partial charge in [0, 0.05) is 29.5 Å². The number of carbonyl (C=O) groups is 2. The van der Waals surface area contributed by atoms with Crippen LogP contribution >= 0.6 is 11.6 Å². The molecule has 1 aromatic carbocycles. The van der Waals surface area contributed by atoms with Crippen LogP contribution in [-0.2, 0) is 19.1 Å². The summed E-state index contributed by atoms with van der Waals surface area (Å²) in [7, 11) is 0. The van der Waals surface area contributed by atoms with Crippen molar-refractivity contribution in [3.8, 4) is 0 Å². The molecule has 2 amide bonds. The Labute approximate surface area is 219 Å². The van der Waals surface area contributed by atoms with Crippen LogP contribution in [0.2, 0.25) is 5.15 Å². The SMILES string of the molecule is CC1(C)O[C@H]2C=C[C@@H](n3c(Cl)c(C4=C(C5=CNC6C=CC=CC56)C(=O)NC4=O)c4ccccc43)C[C@H]2O1. The molecule has 0 radical (unpaired) electrons. The Kier molecular flexibility index (Phi) is 4.96. The van der Waals surface area contributed by atoms with Crippen molar-refractivity contribution in [2.24, 2.45) is 5.92 Å². The highest BCUT2D eigenvalue weighted by atomic mass is 35.5. The Morgan fingerprint density at radius 3 is 2.65 bits per heavy atom. The molecule has 37 heavy (non-hydrogen) atoms. The van der Waals surface area contributed by atoms with Crippen molar-refractivity contribution in [1.82, 2.24) is 15.2 Å². The number of allylic oxidation sites excluding steroid dienone is 3. The quantitative estimate of drug-likeness (QED) is 0.470. The first-order valence-electron chi connectivity index (χ1n) is 12.6. The van der Waals surface area contributed by atoms with Gasteiger partial charge in [0.1, 0.15) is 11.3 Å². The fourth-order valence-corrected chi connectivity index (χ4v) is 6.72. The largest absolute Gasteiger partial charge is 0.383 e. The molecule has 5 aliphatic rings. The van der Waals surface area contributed by atoms with E-state index in [2.05, 4.69) is 28.9 Å². The zero-order valence-corrected chi connectivity index (χ0v) is 21.2. The molecule has 2 aliphatic carbocycles. The third-order valence-corrected chi connectivity index (χ3v) is 8.17. The van der Waals surface area contributed by atoms with Crippen LogP contribution in [0.4, 0.5) is 0 Å². The molecular weight excluding hydrogens is 490 g/mol. The summed E-state index contributed by atoms with van der Waals surface area (Å²) in [6.07, 6.45) is 14.5. The molecular formula is C29H26ClN3O4. The van der Waals surface area contributed by atoms with Gasteiger partial charge in [0.05, 0.1) is 34.9 Å².